The van der Waals surface area contributed by atoms with E-state index >= 15 is 0 Å². The van der Waals surface area contributed by atoms with E-state index in [0.717, 1.165) is 11.1 Å². The lowest BCUT2D eigenvalue weighted by Gasteiger charge is -2.38. The van der Waals surface area contributed by atoms with Crippen LogP contribution in [0.15, 0.2) is 48.5 Å². The van der Waals surface area contributed by atoms with Crippen LogP contribution in [0.25, 0.3) is 11.3 Å². The number of aromatic nitrogens is 2. The number of aromatic amines is 1. The van der Waals surface area contributed by atoms with E-state index in [1.165, 1.54) is 0 Å². The molecular weight excluding hydrogens is 418 g/mol. The molecule has 7 nitrogen and oxygen atoms in total. The third-order valence-corrected chi connectivity index (χ3v) is 6.00. The molecule has 0 unspecified atom stereocenters. The van der Waals surface area contributed by atoms with Crippen molar-refractivity contribution in [3.63, 3.8) is 0 Å². The number of hydrogen-bond donors (Lipinski definition) is 2. The van der Waals surface area contributed by atoms with Gasteiger partial charge in [0.15, 0.2) is 11.5 Å². The van der Waals surface area contributed by atoms with E-state index in [1.54, 1.807) is 43.4 Å². The number of halogens is 1. The summed E-state index contributed by atoms with van der Waals surface area (Å²) in [4.78, 5) is 14.7. The minimum absolute atomic E-state index is 0.141. The van der Waals surface area contributed by atoms with E-state index in [-0.39, 0.29) is 5.91 Å². The lowest BCUT2D eigenvalue weighted by molar-refractivity contribution is -0.0212. The Hall–Kier alpha value is -3.03. The quantitative estimate of drug-likeness (QED) is 0.627. The van der Waals surface area contributed by atoms with Crippen molar-refractivity contribution < 1.29 is 19.4 Å². The number of piperidine rings is 1. The van der Waals surface area contributed by atoms with E-state index in [1.807, 2.05) is 24.3 Å². The molecule has 162 valence electrons. The van der Waals surface area contributed by atoms with Gasteiger partial charge < -0.3 is 19.5 Å². The summed E-state index contributed by atoms with van der Waals surface area (Å²) < 4.78 is 10.6. The second kappa shape index (κ2) is 8.61. The Kier molecular flexibility index (Phi) is 5.89. The molecule has 1 amide bonds. The zero-order valence-electron chi connectivity index (χ0n) is 17.4. The van der Waals surface area contributed by atoms with Gasteiger partial charge in [0.25, 0.3) is 5.91 Å². The fourth-order valence-corrected chi connectivity index (χ4v) is 4.00. The maximum Gasteiger partial charge on any atom is 0.271 e. The molecule has 8 heteroatoms. The van der Waals surface area contributed by atoms with Crippen LogP contribution in [0.5, 0.6) is 11.5 Å². The lowest BCUT2D eigenvalue weighted by atomic mass is 9.84. The third-order valence-electron chi connectivity index (χ3n) is 5.75. The summed E-state index contributed by atoms with van der Waals surface area (Å²) in [5, 5.41) is 18.8. The van der Waals surface area contributed by atoms with Gasteiger partial charge in [0.2, 0.25) is 0 Å². The first-order chi connectivity index (χ1) is 14.9. The van der Waals surface area contributed by atoms with Crippen LogP contribution in [0.2, 0.25) is 5.02 Å². The van der Waals surface area contributed by atoms with Gasteiger partial charge in [-0.05, 0) is 54.8 Å². The largest absolute Gasteiger partial charge is 0.493 e. The smallest absolute Gasteiger partial charge is 0.271 e. The first-order valence-corrected chi connectivity index (χ1v) is 10.4. The van der Waals surface area contributed by atoms with Crippen LogP contribution in [0.4, 0.5) is 0 Å². The number of carbonyl (C=O) groups excluding carboxylic acids is 1. The molecule has 0 atom stereocenters. The summed E-state index contributed by atoms with van der Waals surface area (Å²) in [7, 11) is 3.15. The number of hydrogen-bond acceptors (Lipinski definition) is 5. The normalized spacial score (nSPS) is 15.5. The lowest BCUT2D eigenvalue weighted by Crippen LogP contribution is -2.45. The maximum atomic E-state index is 13.0. The summed E-state index contributed by atoms with van der Waals surface area (Å²) in [5.41, 5.74) is 1.71. The molecule has 4 rings (SSSR count). The van der Waals surface area contributed by atoms with E-state index in [2.05, 4.69) is 10.2 Å². The molecule has 3 aromatic rings. The topological polar surface area (TPSA) is 87.7 Å². The predicted molar refractivity (Wildman–Crippen MR) is 118 cm³/mol. The number of methoxy groups -OCH3 is 2. The van der Waals surface area contributed by atoms with Gasteiger partial charge in [0.05, 0.1) is 25.5 Å². The summed E-state index contributed by atoms with van der Waals surface area (Å²) in [6.07, 6.45) is 0.911. The summed E-state index contributed by atoms with van der Waals surface area (Å²) in [5.74, 6) is 1.07. The van der Waals surface area contributed by atoms with E-state index in [4.69, 9.17) is 21.1 Å². The second-order valence-electron chi connectivity index (χ2n) is 7.57. The molecule has 0 saturated carbocycles. The molecular formula is C23H24ClN3O4. The number of benzene rings is 2. The molecule has 1 aliphatic heterocycles. The molecule has 1 saturated heterocycles. The minimum atomic E-state index is -0.958. The monoisotopic (exact) mass is 441 g/mol. The highest BCUT2D eigenvalue weighted by molar-refractivity contribution is 6.30. The Balaban J connectivity index is 1.46. The first kappa shape index (κ1) is 21.2. The van der Waals surface area contributed by atoms with Gasteiger partial charge in [0.1, 0.15) is 5.69 Å². The van der Waals surface area contributed by atoms with Crippen molar-refractivity contribution in [2.45, 2.75) is 18.4 Å². The van der Waals surface area contributed by atoms with Crippen LogP contribution >= 0.6 is 11.6 Å². The van der Waals surface area contributed by atoms with Crippen LogP contribution in [0.3, 0.4) is 0 Å². The van der Waals surface area contributed by atoms with Crippen molar-refractivity contribution in [3.8, 4) is 22.8 Å². The first-order valence-electron chi connectivity index (χ1n) is 9.99. The molecule has 1 aromatic heterocycles. The van der Waals surface area contributed by atoms with Crippen LogP contribution in [0, 0.1) is 0 Å². The molecule has 0 bridgehead atoms. The number of carbonyl (C=O) groups is 1. The number of nitrogens with one attached hydrogen (secondary N) is 1. The number of H-pyrrole nitrogens is 1. The minimum Gasteiger partial charge on any atom is -0.493 e. The van der Waals surface area contributed by atoms with Crippen molar-refractivity contribution in [2.24, 2.45) is 0 Å². The van der Waals surface area contributed by atoms with Gasteiger partial charge in [-0.25, -0.2) is 0 Å². The molecule has 1 fully saturated rings. The van der Waals surface area contributed by atoms with Gasteiger partial charge >= 0.3 is 0 Å². The fraction of sp³-hybridized carbons (Fsp3) is 0.304. The standard InChI is InChI=1S/C23H24ClN3O4/c1-30-20-8-3-15(13-21(20)31-2)18-14-19(26-25-18)22(28)27-11-9-23(29,10-12-27)16-4-6-17(24)7-5-16/h3-8,13-14,29H,9-12H2,1-2H3,(H,25,26). The van der Waals surface area contributed by atoms with E-state index in [9.17, 15) is 9.90 Å². The van der Waals surface area contributed by atoms with E-state index < -0.39 is 5.60 Å². The van der Waals surface area contributed by atoms with Crippen LogP contribution < -0.4 is 9.47 Å². The third kappa shape index (κ3) is 4.24. The van der Waals surface area contributed by atoms with Crippen molar-refractivity contribution in [1.29, 1.82) is 0 Å². The van der Waals surface area contributed by atoms with Gasteiger partial charge in [-0.3, -0.25) is 9.89 Å². The predicted octanol–water partition coefficient (Wildman–Crippen LogP) is 3.87. The summed E-state index contributed by atoms with van der Waals surface area (Å²) in [6, 6.07) is 14.4. The van der Waals surface area contributed by atoms with Crippen LogP contribution in [-0.4, -0.2) is 53.4 Å². The van der Waals surface area contributed by atoms with Gasteiger partial charge in [0, 0.05) is 23.7 Å². The molecule has 0 radical (unpaired) electrons. The van der Waals surface area contributed by atoms with Gasteiger partial charge in [-0.2, -0.15) is 5.10 Å². The van der Waals surface area contributed by atoms with E-state index in [0.29, 0.717) is 53.8 Å². The highest BCUT2D eigenvalue weighted by Crippen LogP contribution is 2.34. The number of nitrogens with zero attached hydrogens (tertiary/aromatic N) is 2. The molecule has 2 heterocycles. The molecule has 31 heavy (non-hydrogen) atoms. The summed E-state index contributed by atoms with van der Waals surface area (Å²) >= 11 is 5.95. The SMILES string of the molecule is COc1ccc(-c2cc(C(=O)N3CCC(O)(c4ccc(Cl)cc4)CC3)[nH]n2)cc1OC. The Morgan fingerprint density at radius 1 is 1.06 bits per heavy atom. The molecule has 0 spiro atoms. The van der Waals surface area contributed by atoms with Crippen molar-refractivity contribution in [3.05, 3.63) is 64.8 Å². The Bertz CT molecular complexity index is 1070. The zero-order chi connectivity index (χ0) is 22.0. The Morgan fingerprint density at radius 2 is 1.74 bits per heavy atom. The number of aliphatic hydroxyl groups is 1. The van der Waals surface area contributed by atoms with Crippen molar-refractivity contribution >= 4 is 17.5 Å². The van der Waals surface area contributed by atoms with Crippen molar-refractivity contribution in [1.82, 2.24) is 15.1 Å². The number of amides is 1. The fourth-order valence-electron chi connectivity index (χ4n) is 3.87. The average molecular weight is 442 g/mol. The number of rotatable bonds is 5. The Labute approximate surface area is 185 Å². The van der Waals surface area contributed by atoms with Crippen LogP contribution in [-0.2, 0) is 5.60 Å². The molecule has 2 N–H and O–H groups in total. The van der Waals surface area contributed by atoms with Crippen LogP contribution in [0.1, 0.15) is 28.9 Å². The molecule has 2 aromatic carbocycles. The van der Waals surface area contributed by atoms with Crippen molar-refractivity contribution in [2.75, 3.05) is 27.3 Å². The van der Waals surface area contributed by atoms with Gasteiger partial charge in [-0.15, -0.1) is 0 Å². The highest BCUT2D eigenvalue weighted by Gasteiger charge is 2.36. The molecule has 0 aliphatic carbocycles. The number of ether oxygens (including phenoxy) is 2. The maximum absolute atomic E-state index is 13.0. The number of likely N-dealkylation sites (tertiary alicyclic amines) is 1. The zero-order valence-corrected chi connectivity index (χ0v) is 18.1. The Morgan fingerprint density at radius 3 is 2.39 bits per heavy atom. The summed E-state index contributed by atoms with van der Waals surface area (Å²) in [6.45, 7) is 0.894. The highest BCUT2D eigenvalue weighted by atomic mass is 35.5. The van der Waals surface area contributed by atoms with Gasteiger partial charge in [-0.1, -0.05) is 23.7 Å². The average Bonchev–Trinajstić information content (AvgIpc) is 3.29. The second-order valence-corrected chi connectivity index (χ2v) is 8.00. The molecule has 1 aliphatic rings.